The summed E-state index contributed by atoms with van der Waals surface area (Å²) in [5.41, 5.74) is 2.54. The zero-order valence-electron chi connectivity index (χ0n) is 12.5. The summed E-state index contributed by atoms with van der Waals surface area (Å²) in [6, 6.07) is 14.8. The van der Waals surface area contributed by atoms with Crippen molar-refractivity contribution in [2.24, 2.45) is 0 Å². The van der Waals surface area contributed by atoms with Crippen LogP contribution in [0.15, 0.2) is 53.4 Å². The number of carbonyl (C=O) groups excluding carboxylic acids is 2. The van der Waals surface area contributed by atoms with Crippen molar-refractivity contribution in [3.8, 4) is 0 Å². The average molecular weight is 344 g/mol. The Morgan fingerprint density at radius 3 is 2.43 bits per heavy atom. The van der Waals surface area contributed by atoms with E-state index in [9.17, 15) is 9.59 Å². The SMILES string of the molecule is CCc1ccc(C=C2SC(=O)N(c3ccccc3Cl)C2=O)cc1. The van der Waals surface area contributed by atoms with Crippen molar-refractivity contribution in [2.45, 2.75) is 13.3 Å². The average Bonchev–Trinajstić information content (AvgIpc) is 2.83. The molecule has 0 bridgehead atoms. The van der Waals surface area contributed by atoms with Gasteiger partial charge in [-0.15, -0.1) is 0 Å². The second-order valence-electron chi connectivity index (χ2n) is 5.06. The van der Waals surface area contributed by atoms with Crippen LogP contribution in [0.3, 0.4) is 0 Å². The van der Waals surface area contributed by atoms with Crippen LogP contribution in [0.2, 0.25) is 5.02 Å². The number of hydrogen-bond donors (Lipinski definition) is 0. The number of anilines is 1. The molecule has 2 aromatic rings. The quantitative estimate of drug-likeness (QED) is 0.724. The van der Waals surface area contributed by atoms with Gasteiger partial charge in [-0.2, -0.15) is 0 Å². The molecule has 0 spiro atoms. The predicted molar refractivity (Wildman–Crippen MR) is 95.7 cm³/mol. The molecule has 1 aliphatic heterocycles. The fraction of sp³-hybridized carbons (Fsp3) is 0.111. The highest BCUT2D eigenvalue weighted by Gasteiger charge is 2.37. The largest absolute Gasteiger partial charge is 0.298 e. The fourth-order valence-electron chi connectivity index (χ4n) is 2.31. The van der Waals surface area contributed by atoms with Crippen molar-refractivity contribution in [3.63, 3.8) is 0 Å². The molecular weight excluding hydrogens is 330 g/mol. The van der Waals surface area contributed by atoms with Gasteiger partial charge in [0.15, 0.2) is 0 Å². The standard InChI is InChI=1S/C18H14ClNO2S/c1-2-12-7-9-13(10-8-12)11-16-17(21)20(18(22)23-16)15-6-4-3-5-14(15)19/h3-11H,2H2,1H3. The lowest BCUT2D eigenvalue weighted by atomic mass is 10.1. The highest BCUT2D eigenvalue weighted by molar-refractivity contribution is 8.19. The molecule has 0 radical (unpaired) electrons. The van der Waals surface area contributed by atoms with Crippen molar-refractivity contribution in [2.75, 3.05) is 4.90 Å². The second kappa shape index (κ2) is 6.60. The van der Waals surface area contributed by atoms with E-state index in [1.807, 2.05) is 24.3 Å². The van der Waals surface area contributed by atoms with Gasteiger partial charge >= 0.3 is 0 Å². The van der Waals surface area contributed by atoms with Gasteiger partial charge in [-0.3, -0.25) is 9.59 Å². The van der Waals surface area contributed by atoms with Crippen LogP contribution >= 0.6 is 23.4 Å². The molecule has 0 aliphatic carbocycles. The van der Waals surface area contributed by atoms with Crippen LogP contribution in [0.4, 0.5) is 10.5 Å². The molecule has 3 nitrogen and oxygen atoms in total. The highest BCUT2D eigenvalue weighted by atomic mass is 35.5. The number of nitrogens with zero attached hydrogens (tertiary/aromatic N) is 1. The first-order chi connectivity index (χ1) is 11.1. The van der Waals surface area contributed by atoms with Gasteiger partial charge in [-0.05, 0) is 47.5 Å². The summed E-state index contributed by atoms with van der Waals surface area (Å²) in [7, 11) is 0. The molecule has 1 aliphatic rings. The Balaban J connectivity index is 1.91. The third-order valence-electron chi connectivity index (χ3n) is 3.57. The topological polar surface area (TPSA) is 37.4 Å². The first-order valence-corrected chi connectivity index (χ1v) is 8.41. The Morgan fingerprint density at radius 1 is 1.09 bits per heavy atom. The van der Waals surface area contributed by atoms with E-state index < -0.39 is 0 Å². The lowest BCUT2D eigenvalue weighted by Crippen LogP contribution is -2.27. The van der Waals surface area contributed by atoms with Crippen molar-refractivity contribution < 1.29 is 9.59 Å². The Labute approximate surface area is 143 Å². The normalized spacial score (nSPS) is 16.4. The van der Waals surface area contributed by atoms with Crippen molar-refractivity contribution in [3.05, 3.63) is 69.6 Å². The summed E-state index contributed by atoms with van der Waals surface area (Å²) >= 11 is 7.03. The lowest BCUT2D eigenvalue weighted by Gasteiger charge is -2.13. The number of para-hydroxylation sites is 1. The zero-order chi connectivity index (χ0) is 16.4. The fourth-order valence-corrected chi connectivity index (χ4v) is 3.36. The number of carbonyl (C=O) groups is 2. The van der Waals surface area contributed by atoms with E-state index in [-0.39, 0.29) is 11.1 Å². The van der Waals surface area contributed by atoms with Crippen molar-refractivity contribution in [1.82, 2.24) is 0 Å². The minimum Gasteiger partial charge on any atom is -0.268 e. The molecule has 0 saturated carbocycles. The summed E-state index contributed by atoms with van der Waals surface area (Å²) in [5, 5.41) is 0.0443. The third-order valence-corrected chi connectivity index (χ3v) is 4.76. The van der Waals surface area contributed by atoms with Gasteiger partial charge in [0.2, 0.25) is 0 Å². The molecule has 0 unspecified atom stereocenters. The number of thioether (sulfide) groups is 1. The number of amides is 2. The van der Waals surface area contributed by atoms with Crippen LogP contribution in [0, 0.1) is 0 Å². The molecule has 1 saturated heterocycles. The van der Waals surface area contributed by atoms with Gasteiger partial charge in [0, 0.05) is 0 Å². The first kappa shape index (κ1) is 15.8. The van der Waals surface area contributed by atoms with E-state index in [2.05, 4.69) is 6.92 Å². The Morgan fingerprint density at radius 2 is 1.78 bits per heavy atom. The molecule has 3 rings (SSSR count). The molecule has 1 heterocycles. The number of hydrogen-bond acceptors (Lipinski definition) is 3. The minimum absolute atomic E-state index is 0.334. The monoisotopic (exact) mass is 343 g/mol. The maximum Gasteiger partial charge on any atom is 0.298 e. The van der Waals surface area contributed by atoms with Crippen LogP contribution in [-0.2, 0) is 11.2 Å². The molecule has 116 valence electrons. The van der Waals surface area contributed by atoms with Gasteiger partial charge < -0.3 is 0 Å². The van der Waals surface area contributed by atoms with Crippen molar-refractivity contribution >= 4 is 46.3 Å². The highest BCUT2D eigenvalue weighted by Crippen LogP contribution is 2.38. The smallest absolute Gasteiger partial charge is 0.268 e. The van der Waals surface area contributed by atoms with E-state index in [4.69, 9.17) is 11.6 Å². The second-order valence-corrected chi connectivity index (χ2v) is 6.46. The van der Waals surface area contributed by atoms with Gasteiger partial charge in [-0.1, -0.05) is 54.9 Å². The van der Waals surface area contributed by atoms with E-state index >= 15 is 0 Å². The van der Waals surface area contributed by atoms with E-state index in [1.54, 1.807) is 30.3 Å². The van der Waals surface area contributed by atoms with Gasteiger partial charge in [0.25, 0.3) is 11.1 Å². The molecule has 0 aromatic heterocycles. The Kier molecular flexibility index (Phi) is 4.55. The summed E-state index contributed by atoms with van der Waals surface area (Å²) in [6.07, 6.45) is 2.70. The molecule has 23 heavy (non-hydrogen) atoms. The number of benzene rings is 2. The van der Waals surface area contributed by atoms with Crippen LogP contribution in [0.25, 0.3) is 6.08 Å². The predicted octanol–water partition coefficient (Wildman–Crippen LogP) is 5.14. The Bertz CT molecular complexity index is 799. The lowest BCUT2D eigenvalue weighted by molar-refractivity contribution is -0.113. The number of aryl methyl sites for hydroxylation is 1. The first-order valence-electron chi connectivity index (χ1n) is 7.21. The summed E-state index contributed by atoms with van der Waals surface area (Å²) in [4.78, 5) is 26.3. The zero-order valence-corrected chi connectivity index (χ0v) is 14.0. The van der Waals surface area contributed by atoms with Gasteiger partial charge in [-0.25, -0.2) is 4.90 Å². The van der Waals surface area contributed by atoms with E-state index in [0.717, 1.165) is 28.6 Å². The molecule has 0 N–H and O–H groups in total. The maximum absolute atomic E-state index is 12.6. The van der Waals surface area contributed by atoms with E-state index in [0.29, 0.717) is 15.6 Å². The molecule has 5 heteroatoms. The van der Waals surface area contributed by atoms with Gasteiger partial charge in [0.1, 0.15) is 0 Å². The maximum atomic E-state index is 12.6. The number of halogens is 1. The van der Waals surface area contributed by atoms with Gasteiger partial charge in [0.05, 0.1) is 15.6 Å². The molecule has 0 atom stereocenters. The Hall–Kier alpha value is -2.04. The summed E-state index contributed by atoms with van der Waals surface area (Å²) in [6.45, 7) is 2.09. The summed E-state index contributed by atoms with van der Waals surface area (Å²) < 4.78 is 0. The van der Waals surface area contributed by atoms with Crippen molar-refractivity contribution in [1.29, 1.82) is 0 Å². The minimum atomic E-state index is -0.340. The van der Waals surface area contributed by atoms with Crippen LogP contribution in [0.1, 0.15) is 18.1 Å². The molecule has 2 amide bonds. The van der Waals surface area contributed by atoms with Crippen LogP contribution in [0.5, 0.6) is 0 Å². The summed E-state index contributed by atoms with van der Waals surface area (Å²) in [5.74, 6) is -0.340. The number of rotatable bonds is 3. The van der Waals surface area contributed by atoms with Crippen LogP contribution in [-0.4, -0.2) is 11.1 Å². The molecule has 2 aromatic carbocycles. The molecular formula is C18H14ClNO2S. The molecule has 1 fully saturated rings. The third kappa shape index (κ3) is 3.19. The van der Waals surface area contributed by atoms with Crippen LogP contribution < -0.4 is 4.90 Å². The number of imide groups is 1. The van der Waals surface area contributed by atoms with E-state index in [1.165, 1.54) is 5.56 Å².